The van der Waals surface area contributed by atoms with E-state index in [9.17, 15) is 4.79 Å². The van der Waals surface area contributed by atoms with Gasteiger partial charge in [-0.2, -0.15) is 0 Å². The van der Waals surface area contributed by atoms with Crippen molar-refractivity contribution in [2.45, 2.75) is 6.92 Å². The molecular formula is C18H14N2O2. The van der Waals surface area contributed by atoms with Gasteiger partial charge in [0.05, 0.1) is 11.2 Å². The molecule has 1 aliphatic rings. The summed E-state index contributed by atoms with van der Waals surface area (Å²) in [6, 6.07) is 14.0. The molecule has 0 fully saturated rings. The number of pyridine rings is 1. The first-order chi connectivity index (χ1) is 10.7. The van der Waals surface area contributed by atoms with Crippen molar-refractivity contribution < 1.29 is 9.53 Å². The molecule has 4 nitrogen and oxygen atoms in total. The van der Waals surface area contributed by atoms with Crippen LogP contribution in [0.1, 0.15) is 5.56 Å². The third kappa shape index (κ3) is 2.00. The van der Waals surface area contributed by atoms with Gasteiger partial charge in [-0.3, -0.25) is 9.78 Å². The van der Waals surface area contributed by atoms with Crippen molar-refractivity contribution in [1.29, 1.82) is 0 Å². The van der Waals surface area contributed by atoms with Crippen LogP contribution in [0.2, 0.25) is 0 Å². The SMILES string of the molecule is Cc1ccc2ncccc2c1-c1ccc2c(c1)OCC(=O)N2. The van der Waals surface area contributed by atoms with Gasteiger partial charge in [-0.05, 0) is 47.9 Å². The van der Waals surface area contributed by atoms with Gasteiger partial charge >= 0.3 is 0 Å². The fourth-order valence-electron chi connectivity index (χ4n) is 2.87. The average molecular weight is 290 g/mol. The van der Waals surface area contributed by atoms with Crippen LogP contribution in [0.15, 0.2) is 48.7 Å². The highest BCUT2D eigenvalue weighted by atomic mass is 16.5. The number of aryl methyl sites for hydroxylation is 1. The highest BCUT2D eigenvalue weighted by Crippen LogP contribution is 2.36. The van der Waals surface area contributed by atoms with Gasteiger partial charge in [-0.15, -0.1) is 0 Å². The average Bonchev–Trinajstić information content (AvgIpc) is 2.54. The van der Waals surface area contributed by atoms with Gasteiger partial charge in [0.25, 0.3) is 5.91 Å². The second-order valence-corrected chi connectivity index (χ2v) is 5.38. The first kappa shape index (κ1) is 12.8. The van der Waals surface area contributed by atoms with E-state index in [0.29, 0.717) is 5.75 Å². The highest BCUT2D eigenvalue weighted by Gasteiger charge is 2.17. The Hall–Kier alpha value is -2.88. The lowest BCUT2D eigenvalue weighted by molar-refractivity contribution is -0.118. The third-order valence-electron chi connectivity index (χ3n) is 3.90. The van der Waals surface area contributed by atoms with E-state index in [1.165, 1.54) is 5.56 Å². The van der Waals surface area contributed by atoms with Crippen molar-refractivity contribution in [2.24, 2.45) is 0 Å². The Morgan fingerprint density at radius 1 is 1.18 bits per heavy atom. The normalized spacial score (nSPS) is 13.4. The molecular weight excluding hydrogens is 276 g/mol. The quantitative estimate of drug-likeness (QED) is 0.745. The number of nitrogens with one attached hydrogen (secondary N) is 1. The Bertz CT molecular complexity index is 903. The van der Waals surface area contributed by atoms with Crippen molar-refractivity contribution >= 4 is 22.5 Å². The largest absolute Gasteiger partial charge is 0.482 e. The summed E-state index contributed by atoms with van der Waals surface area (Å²) < 4.78 is 5.52. The number of hydrogen-bond donors (Lipinski definition) is 1. The smallest absolute Gasteiger partial charge is 0.262 e. The molecule has 4 heteroatoms. The van der Waals surface area contributed by atoms with Crippen molar-refractivity contribution in [3.8, 4) is 16.9 Å². The van der Waals surface area contributed by atoms with Crippen LogP contribution in [0, 0.1) is 6.92 Å². The van der Waals surface area contributed by atoms with E-state index in [-0.39, 0.29) is 12.5 Å². The maximum atomic E-state index is 11.4. The number of hydrogen-bond acceptors (Lipinski definition) is 3. The first-order valence-electron chi connectivity index (χ1n) is 7.14. The van der Waals surface area contributed by atoms with Crippen molar-refractivity contribution in [1.82, 2.24) is 4.98 Å². The number of rotatable bonds is 1. The molecule has 1 N–H and O–H groups in total. The molecule has 22 heavy (non-hydrogen) atoms. The van der Waals surface area contributed by atoms with Crippen LogP contribution in [0.4, 0.5) is 5.69 Å². The molecule has 0 saturated heterocycles. The lowest BCUT2D eigenvalue weighted by Gasteiger charge is -2.19. The Kier molecular flexibility index (Phi) is 2.82. The Balaban J connectivity index is 1.93. The molecule has 1 amide bonds. The van der Waals surface area contributed by atoms with Gasteiger partial charge in [-0.1, -0.05) is 18.2 Å². The zero-order valence-corrected chi connectivity index (χ0v) is 12.1. The Morgan fingerprint density at radius 2 is 2.09 bits per heavy atom. The monoisotopic (exact) mass is 290 g/mol. The standard InChI is InChI=1S/C18H14N2O2/c1-11-4-6-14-13(3-2-8-19-14)18(11)12-5-7-15-16(9-12)22-10-17(21)20-15/h2-9H,10H2,1H3,(H,20,21). The maximum Gasteiger partial charge on any atom is 0.262 e. The third-order valence-corrected chi connectivity index (χ3v) is 3.90. The molecule has 1 aromatic heterocycles. The topological polar surface area (TPSA) is 51.2 Å². The van der Waals surface area contributed by atoms with Gasteiger partial charge in [0, 0.05) is 11.6 Å². The second-order valence-electron chi connectivity index (χ2n) is 5.38. The van der Waals surface area contributed by atoms with Crippen LogP contribution in [-0.2, 0) is 4.79 Å². The summed E-state index contributed by atoms with van der Waals surface area (Å²) in [6.07, 6.45) is 1.80. The van der Waals surface area contributed by atoms with Crippen LogP contribution >= 0.6 is 0 Å². The number of benzene rings is 2. The number of ether oxygens (including phenoxy) is 1. The molecule has 4 rings (SSSR count). The summed E-state index contributed by atoms with van der Waals surface area (Å²) in [7, 11) is 0. The van der Waals surface area contributed by atoms with Crippen molar-refractivity contribution in [3.63, 3.8) is 0 Å². The molecule has 0 atom stereocenters. The summed E-state index contributed by atoms with van der Waals surface area (Å²) in [5.74, 6) is 0.586. The fourth-order valence-corrected chi connectivity index (χ4v) is 2.87. The highest BCUT2D eigenvalue weighted by molar-refractivity contribution is 5.99. The molecule has 0 aliphatic carbocycles. The van der Waals surface area contributed by atoms with E-state index in [0.717, 1.165) is 27.7 Å². The van der Waals surface area contributed by atoms with Crippen LogP contribution in [0.3, 0.4) is 0 Å². The van der Waals surface area contributed by atoms with E-state index < -0.39 is 0 Å². The second kappa shape index (κ2) is 4.84. The molecule has 2 aromatic carbocycles. The predicted molar refractivity (Wildman–Crippen MR) is 86.0 cm³/mol. The molecule has 0 radical (unpaired) electrons. The minimum atomic E-state index is -0.120. The Labute approximate surface area is 127 Å². The van der Waals surface area contributed by atoms with Crippen LogP contribution < -0.4 is 10.1 Å². The minimum absolute atomic E-state index is 0.0620. The van der Waals surface area contributed by atoms with Gasteiger partial charge in [0.1, 0.15) is 5.75 Å². The number of nitrogens with zero attached hydrogens (tertiary/aromatic N) is 1. The number of aromatic nitrogens is 1. The number of anilines is 1. The van der Waals surface area contributed by atoms with Gasteiger partial charge in [0.15, 0.2) is 6.61 Å². The van der Waals surface area contributed by atoms with E-state index in [1.54, 1.807) is 6.20 Å². The number of amides is 1. The maximum absolute atomic E-state index is 11.4. The van der Waals surface area contributed by atoms with Gasteiger partial charge in [-0.25, -0.2) is 0 Å². The minimum Gasteiger partial charge on any atom is -0.482 e. The van der Waals surface area contributed by atoms with Crippen LogP contribution in [-0.4, -0.2) is 17.5 Å². The molecule has 0 unspecified atom stereocenters. The molecule has 2 heterocycles. The van der Waals surface area contributed by atoms with Gasteiger partial charge < -0.3 is 10.1 Å². The van der Waals surface area contributed by atoms with E-state index in [4.69, 9.17) is 4.74 Å². The summed E-state index contributed by atoms with van der Waals surface area (Å²) in [5.41, 5.74) is 5.08. The lowest BCUT2D eigenvalue weighted by atomic mass is 9.95. The molecule has 0 bridgehead atoms. The molecule has 3 aromatic rings. The first-order valence-corrected chi connectivity index (χ1v) is 7.14. The van der Waals surface area contributed by atoms with E-state index >= 15 is 0 Å². The van der Waals surface area contributed by atoms with E-state index in [1.807, 2.05) is 30.3 Å². The van der Waals surface area contributed by atoms with Crippen LogP contribution in [0.5, 0.6) is 5.75 Å². The zero-order chi connectivity index (χ0) is 15.1. The summed E-state index contributed by atoms with van der Waals surface area (Å²) in [5, 5.41) is 3.93. The predicted octanol–water partition coefficient (Wildman–Crippen LogP) is 3.54. The van der Waals surface area contributed by atoms with Crippen LogP contribution in [0.25, 0.3) is 22.0 Å². The molecule has 108 valence electrons. The Morgan fingerprint density at radius 3 is 3.00 bits per heavy atom. The number of fused-ring (bicyclic) bond motifs is 2. The zero-order valence-electron chi connectivity index (χ0n) is 12.1. The van der Waals surface area contributed by atoms with Gasteiger partial charge in [0.2, 0.25) is 0 Å². The molecule has 0 saturated carbocycles. The summed E-state index contributed by atoms with van der Waals surface area (Å²) >= 11 is 0. The summed E-state index contributed by atoms with van der Waals surface area (Å²) in [6.45, 7) is 2.15. The van der Waals surface area contributed by atoms with Crippen molar-refractivity contribution in [2.75, 3.05) is 11.9 Å². The molecule has 0 spiro atoms. The van der Waals surface area contributed by atoms with E-state index in [2.05, 4.69) is 29.4 Å². The van der Waals surface area contributed by atoms with Crippen molar-refractivity contribution in [3.05, 3.63) is 54.2 Å². The summed E-state index contributed by atoms with van der Waals surface area (Å²) in [4.78, 5) is 15.8. The number of carbonyl (C=O) groups excluding carboxylic acids is 1. The fraction of sp³-hybridized carbons (Fsp3) is 0.111. The molecule has 1 aliphatic heterocycles. The lowest BCUT2D eigenvalue weighted by Crippen LogP contribution is -2.25. The number of carbonyl (C=O) groups is 1.